The van der Waals surface area contributed by atoms with E-state index in [-0.39, 0.29) is 24.8 Å². The fourth-order valence-corrected chi connectivity index (χ4v) is 2.43. The fraction of sp³-hybridized carbons (Fsp3) is 0.571. The van der Waals surface area contributed by atoms with E-state index in [1.54, 1.807) is 0 Å². The Morgan fingerprint density at radius 2 is 1.72 bits per heavy atom. The Labute approximate surface area is 123 Å². The number of nitrogens with one attached hydrogen (secondary N) is 1. The molecule has 18 heavy (non-hydrogen) atoms. The van der Waals surface area contributed by atoms with Crippen LogP contribution in [0.1, 0.15) is 18.4 Å². The van der Waals surface area contributed by atoms with Crippen LogP contribution in [0.5, 0.6) is 0 Å². The van der Waals surface area contributed by atoms with Crippen LogP contribution in [0.15, 0.2) is 30.3 Å². The number of likely N-dealkylation sites (N-methyl/N-ethyl adjacent to an activating group) is 1. The van der Waals surface area contributed by atoms with Crippen LogP contribution in [0.25, 0.3) is 0 Å². The molecule has 1 aliphatic heterocycles. The normalized spacial score (nSPS) is 16.7. The van der Waals surface area contributed by atoms with Crippen molar-refractivity contribution < 1.29 is 0 Å². The van der Waals surface area contributed by atoms with Gasteiger partial charge in [0.1, 0.15) is 0 Å². The zero-order chi connectivity index (χ0) is 11.2. The van der Waals surface area contributed by atoms with Gasteiger partial charge in [-0.1, -0.05) is 30.3 Å². The number of likely N-dealkylation sites (tertiary alicyclic amines) is 1. The maximum Gasteiger partial charge on any atom is 0.0232 e. The highest BCUT2D eigenvalue weighted by Crippen LogP contribution is 2.10. The average molecular weight is 291 g/mol. The number of nitrogens with zero attached hydrogens (tertiary/aromatic N) is 1. The summed E-state index contributed by atoms with van der Waals surface area (Å²) in [6.45, 7) is 3.76. The fourth-order valence-electron chi connectivity index (χ4n) is 2.43. The molecule has 1 aromatic rings. The SMILES string of the molecule is CNC(Cc1ccccc1)CN1CCCC1.Cl.Cl. The van der Waals surface area contributed by atoms with Crippen LogP contribution >= 0.6 is 24.8 Å². The molecule has 1 saturated heterocycles. The van der Waals surface area contributed by atoms with E-state index >= 15 is 0 Å². The summed E-state index contributed by atoms with van der Waals surface area (Å²) in [6.07, 6.45) is 3.89. The average Bonchev–Trinajstić information content (AvgIpc) is 2.82. The molecule has 1 heterocycles. The van der Waals surface area contributed by atoms with Crippen molar-refractivity contribution >= 4 is 24.8 Å². The maximum absolute atomic E-state index is 3.44. The number of halogens is 2. The summed E-state index contributed by atoms with van der Waals surface area (Å²) in [7, 11) is 2.07. The van der Waals surface area contributed by atoms with Gasteiger partial charge >= 0.3 is 0 Å². The van der Waals surface area contributed by atoms with E-state index in [4.69, 9.17) is 0 Å². The van der Waals surface area contributed by atoms with E-state index < -0.39 is 0 Å². The first-order chi connectivity index (χ1) is 7.88. The van der Waals surface area contributed by atoms with Gasteiger partial charge in [0.2, 0.25) is 0 Å². The molecule has 1 fully saturated rings. The van der Waals surface area contributed by atoms with Crippen molar-refractivity contribution in [2.45, 2.75) is 25.3 Å². The van der Waals surface area contributed by atoms with Gasteiger partial charge in [-0.2, -0.15) is 0 Å². The van der Waals surface area contributed by atoms with Gasteiger partial charge in [-0.25, -0.2) is 0 Å². The number of hydrogen-bond donors (Lipinski definition) is 1. The molecule has 1 N–H and O–H groups in total. The standard InChI is InChI=1S/C14H22N2.2ClH/c1-15-14(12-16-9-5-6-10-16)11-13-7-3-2-4-8-13;;/h2-4,7-8,14-15H,5-6,9-12H2,1H3;2*1H. The quantitative estimate of drug-likeness (QED) is 0.897. The molecule has 0 radical (unpaired) electrons. The van der Waals surface area contributed by atoms with Crippen LogP contribution in [0.2, 0.25) is 0 Å². The maximum atomic E-state index is 3.44. The van der Waals surface area contributed by atoms with Crippen LogP contribution in [0.4, 0.5) is 0 Å². The van der Waals surface area contributed by atoms with Crippen LogP contribution in [-0.2, 0) is 6.42 Å². The summed E-state index contributed by atoms with van der Waals surface area (Å²) in [5, 5.41) is 3.44. The molecular weight excluding hydrogens is 267 g/mol. The summed E-state index contributed by atoms with van der Waals surface area (Å²) in [4.78, 5) is 2.57. The van der Waals surface area contributed by atoms with Crippen LogP contribution in [0, 0.1) is 0 Å². The molecule has 104 valence electrons. The third-order valence-corrected chi connectivity index (χ3v) is 3.41. The van der Waals surface area contributed by atoms with Crippen molar-refractivity contribution in [2.24, 2.45) is 0 Å². The third kappa shape index (κ3) is 5.57. The van der Waals surface area contributed by atoms with Gasteiger partial charge in [0, 0.05) is 12.6 Å². The summed E-state index contributed by atoms with van der Waals surface area (Å²) in [5.41, 5.74) is 1.43. The Morgan fingerprint density at radius 1 is 1.11 bits per heavy atom. The lowest BCUT2D eigenvalue weighted by Gasteiger charge is -2.23. The van der Waals surface area contributed by atoms with E-state index in [2.05, 4.69) is 47.6 Å². The molecule has 2 rings (SSSR count). The van der Waals surface area contributed by atoms with Crippen LogP contribution in [-0.4, -0.2) is 37.6 Å². The van der Waals surface area contributed by atoms with Gasteiger partial charge in [-0.05, 0) is 45.0 Å². The molecule has 1 aliphatic rings. The minimum Gasteiger partial charge on any atom is -0.315 e. The highest BCUT2D eigenvalue weighted by Gasteiger charge is 2.16. The second-order valence-corrected chi connectivity index (χ2v) is 4.68. The largest absolute Gasteiger partial charge is 0.315 e. The smallest absolute Gasteiger partial charge is 0.0232 e. The Kier molecular flexibility index (Phi) is 9.47. The zero-order valence-corrected chi connectivity index (χ0v) is 12.6. The topological polar surface area (TPSA) is 15.3 Å². The van der Waals surface area contributed by atoms with E-state index in [1.165, 1.54) is 38.0 Å². The van der Waals surface area contributed by atoms with Gasteiger partial charge in [0.15, 0.2) is 0 Å². The Bertz CT molecular complexity index is 300. The summed E-state index contributed by atoms with van der Waals surface area (Å²) in [5.74, 6) is 0. The third-order valence-electron chi connectivity index (χ3n) is 3.41. The molecule has 4 heteroatoms. The van der Waals surface area contributed by atoms with Gasteiger partial charge in [-0.3, -0.25) is 0 Å². The molecule has 0 amide bonds. The van der Waals surface area contributed by atoms with Crippen molar-refractivity contribution in [1.82, 2.24) is 10.2 Å². The van der Waals surface area contributed by atoms with Crippen LogP contribution < -0.4 is 5.32 Å². The predicted octanol–water partition coefficient (Wildman–Crippen LogP) is 2.76. The van der Waals surface area contributed by atoms with Gasteiger partial charge in [0.05, 0.1) is 0 Å². The lowest BCUT2D eigenvalue weighted by Crippen LogP contribution is -2.39. The first-order valence-corrected chi connectivity index (χ1v) is 6.32. The first kappa shape index (κ1) is 17.7. The van der Waals surface area contributed by atoms with Crippen molar-refractivity contribution in [2.75, 3.05) is 26.7 Å². The van der Waals surface area contributed by atoms with E-state index in [0.717, 1.165) is 6.42 Å². The lowest BCUT2D eigenvalue weighted by molar-refractivity contribution is 0.296. The van der Waals surface area contributed by atoms with E-state index in [9.17, 15) is 0 Å². The Hall–Kier alpha value is -0.280. The molecule has 1 aromatic carbocycles. The summed E-state index contributed by atoms with van der Waals surface area (Å²) >= 11 is 0. The molecule has 0 saturated carbocycles. The molecule has 1 unspecified atom stereocenters. The number of benzene rings is 1. The molecular formula is C14H24Cl2N2. The van der Waals surface area contributed by atoms with Crippen molar-refractivity contribution in [1.29, 1.82) is 0 Å². The summed E-state index contributed by atoms with van der Waals surface area (Å²) in [6, 6.07) is 11.3. The first-order valence-electron chi connectivity index (χ1n) is 6.32. The Morgan fingerprint density at radius 3 is 2.28 bits per heavy atom. The van der Waals surface area contributed by atoms with Gasteiger partial charge < -0.3 is 10.2 Å². The summed E-state index contributed by atoms with van der Waals surface area (Å²) < 4.78 is 0. The second-order valence-electron chi connectivity index (χ2n) is 4.68. The van der Waals surface area contributed by atoms with Gasteiger partial charge in [-0.15, -0.1) is 24.8 Å². The minimum absolute atomic E-state index is 0. The Balaban J connectivity index is 0.00000144. The number of hydrogen-bond acceptors (Lipinski definition) is 2. The monoisotopic (exact) mass is 290 g/mol. The molecule has 0 aliphatic carbocycles. The minimum atomic E-state index is 0. The highest BCUT2D eigenvalue weighted by atomic mass is 35.5. The molecule has 1 atom stereocenters. The highest BCUT2D eigenvalue weighted by molar-refractivity contribution is 5.85. The second kappa shape index (κ2) is 9.62. The van der Waals surface area contributed by atoms with Crippen molar-refractivity contribution in [3.8, 4) is 0 Å². The molecule has 2 nitrogen and oxygen atoms in total. The molecule has 0 aromatic heterocycles. The van der Waals surface area contributed by atoms with E-state index in [1.807, 2.05) is 0 Å². The van der Waals surface area contributed by atoms with E-state index in [0.29, 0.717) is 6.04 Å². The van der Waals surface area contributed by atoms with Crippen molar-refractivity contribution in [3.05, 3.63) is 35.9 Å². The number of rotatable bonds is 5. The lowest BCUT2D eigenvalue weighted by atomic mass is 10.1. The molecule has 0 spiro atoms. The predicted molar refractivity (Wildman–Crippen MR) is 83.2 cm³/mol. The molecule has 0 bridgehead atoms. The van der Waals surface area contributed by atoms with Crippen LogP contribution in [0.3, 0.4) is 0 Å². The van der Waals surface area contributed by atoms with Crippen molar-refractivity contribution in [3.63, 3.8) is 0 Å². The zero-order valence-electron chi connectivity index (χ0n) is 11.0. The van der Waals surface area contributed by atoms with Gasteiger partial charge in [0.25, 0.3) is 0 Å².